The molecule has 1 aromatic heterocycles. The lowest BCUT2D eigenvalue weighted by atomic mass is 10.0. The Bertz CT molecular complexity index is 1080. The Morgan fingerprint density at radius 1 is 1.07 bits per heavy atom. The summed E-state index contributed by atoms with van der Waals surface area (Å²) in [6.45, 7) is 1.98. The van der Waals surface area contributed by atoms with Crippen molar-refractivity contribution < 1.29 is 19.1 Å². The molecule has 1 fully saturated rings. The van der Waals surface area contributed by atoms with Gasteiger partial charge in [0.2, 0.25) is 0 Å². The standard InChI is InChI=1S/C22H18N2O4S2/c1-2-28-21(26)17-16(14-9-5-3-6-10-14)13-29-18(17)23-19-20(25)24(22(27)30-19)15-11-7-4-8-12-15/h3-13,19,23H,2H2,1H3/t19-/m1/s1. The Labute approximate surface area is 181 Å². The van der Waals surface area contributed by atoms with E-state index in [2.05, 4.69) is 5.32 Å². The lowest BCUT2D eigenvalue weighted by Gasteiger charge is -2.15. The van der Waals surface area contributed by atoms with Crippen molar-refractivity contribution in [1.82, 2.24) is 0 Å². The number of esters is 1. The normalized spacial score (nSPS) is 16.0. The van der Waals surface area contributed by atoms with Crippen molar-refractivity contribution in [1.29, 1.82) is 0 Å². The van der Waals surface area contributed by atoms with Crippen molar-refractivity contribution in [3.8, 4) is 11.1 Å². The fourth-order valence-corrected chi connectivity index (χ4v) is 5.08. The van der Waals surface area contributed by atoms with Gasteiger partial charge >= 0.3 is 5.97 Å². The van der Waals surface area contributed by atoms with E-state index in [0.717, 1.165) is 27.8 Å². The first-order valence-corrected chi connectivity index (χ1v) is 11.1. The number of imide groups is 1. The minimum absolute atomic E-state index is 0.236. The second-order valence-electron chi connectivity index (χ2n) is 6.36. The maximum atomic E-state index is 12.9. The highest BCUT2D eigenvalue weighted by Gasteiger charge is 2.41. The van der Waals surface area contributed by atoms with E-state index in [9.17, 15) is 14.4 Å². The number of benzene rings is 2. The molecule has 8 heteroatoms. The predicted molar refractivity (Wildman–Crippen MR) is 120 cm³/mol. The number of nitrogens with one attached hydrogen (secondary N) is 1. The van der Waals surface area contributed by atoms with Crippen LogP contribution >= 0.6 is 23.1 Å². The molecule has 3 aromatic rings. The summed E-state index contributed by atoms with van der Waals surface area (Å²) >= 11 is 2.20. The number of thiophene rings is 1. The average Bonchev–Trinajstić information content (AvgIpc) is 3.30. The number of para-hydroxylation sites is 1. The van der Waals surface area contributed by atoms with E-state index in [1.165, 1.54) is 11.3 Å². The summed E-state index contributed by atoms with van der Waals surface area (Å²) in [4.78, 5) is 39.2. The SMILES string of the molecule is CCOC(=O)c1c(-c2ccccc2)csc1N[C@@H]1SC(=O)N(c2ccccc2)C1=O. The van der Waals surface area contributed by atoms with Crippen molar-refractivity contribution in [2.45, 2.75) is 12.3 Å². The monoisotopic (exact) mass is 438 g/mol. The molecule has 30 heavy (non-hydrogen) atoms. The quantitative estimate of drug-likeness (QED) is 0.531. The van der Waals surface area contributed by atoms with E-state index in [4.69, 9.17) is 4.74 Å². The maximum Gasteiger partial charge on any atom is 0.341 e. The van der Waals surface area contributed by atoms with Crippen LogP contribution in [0.3, 0.4) is 0 Å². The van der Waals surface area contributed by atoms with Crippen LogP contribution in [-0.4, -0.2) is 29.1 Å². The topological polar surface area (TPSA) is 75.7 Å². The summed E-state index contributed by atoms with van der Waals surface area (Å²) in [6.07, 6.45) is 0. The third-order valence-corrected chi connectivity index (χ3v) is 6.33. The molecule has 0 saturated carbocycles. The van der Waals surface area contributed by atoms with Gasteiger partial charge in [-0.05, 0) is 36.4 Å². The predicted octanol–water partition coefficient (Wildman–Crippen LogP) is 5.23. The van der Waals surface area contributed by atoms with Crippen LogP contribution in [0, 0.1) is 0 Å². The van der Waals surface area contributed by atoms with Crippen LogP contribution in [0.15, 0.2) is 66.0 Å². The van der Waals surface area contributed by atoms with E-state index in [1.54, 1.807) is 31.2 Å². The molecule has 1 aliphatic heterocycles. The number of carbonyl (C=O) groups excluding carboxylic acids is 3. The molecular formula is C22H18N2O4S2. The third-order valence-electron chi connectivity index (χ3n) is 4.48. The Balaban J connectivity index is 1.65. The molecule has 6 nitrogen and oxygen atoms in total. The van der Waals surface area contributed by atoms with Crippen LogP contribution in [0.25, 0.3) is 11.1 Å². The van der Waals surface area contributed by atoms with Crippen LogP contribution in [0.4, 0.5) is 15.5 Å². The maximum absolute atomic E-state index is 12.9. The second kappa shape index (κ2) is 8.73. The number of rotatable bonds is 6. The molecule has 0 spiro atoms. The fourth-order valence-electron chi connectivity index (χ4n) is 3.13. The van der Waals surface area contributed by atoms with Gasteiger partial charge in [-0.2, -0.15) is 0 Å². The molecule has 152 valence electrons. The zero-order chi connectivity index (χ0) is 21.1. The van der Waals surface area contributed by atoms with E-state index < -0.39 is 11.3 Å². The molecule has 4 rings (SSSR count). The number of thioether (sulfide) groups is 1. The number of hydrogen-bond donors (Lipinski definition) is 1. The molecule has 1 aliphatic rings. The van der Waals surface area contributed by atoms with Gasteiger partial charge in [0.05, 0.1) is 12.3 Å². The van der Waals surface area contributed by atoms with Gasteiger partial charge in [0.25, 0.3) is 11.1 Å². The van der Waals surface area contributed by atoms with Crippen molar-refractivity contribution in [3.63, 3.8) is 0 Å². The van der Waals surface area contributed by atoms with Gasteiger partial charge in [-0.25, -0.2) is 9.69 Å². The summed E-state index contributed by atoms with van der Waals surface area (Å²) in [5, 5.41) is 4.25. The molecule has 0 bridgehead atoms. The zero-order valence-corrected chi connectivity index (χ0v) is 17.7. The largest absolute Gasteiger partial charge is 0.462 e. The summed E-state index contributed by atoms with van der Waals surface area (Å²) in [5.74, 6) is -0.845. The van der Waals surface area contributed by atoms with Crippen molar-refractivity contribution in [3.05, 3.63) is 71.6 Å². The highest BCUT2D eigenvalue weighted by Crippen LogP contribution is 2.39. The van der Waals surface area contributed by atoms with Crippen LogP contribution in [0.1, 0.15) is 17.3 Å². The Morgan fingerprint density at radius 3 is 2.40 bits per heavy atom. The second-order valence-corrected chi connectivity index (χ2v) is 8.29. The summed E-state index contributed by atoms with van der Waals surface area (Å²) in [7, 11) is 0. The molecule has 0 radical (unpaired) electrons. The highest BCUT2D eigenvalue weighted by atomic mass is 32.2. The van der Waals surface area contributed by atoms with E-state index in [1.807, 2.05) is 41.8 Å². The van der Waals surface area contributed by atoms with Gasteiger partial charge in [-0.1, -0.05) is 48.5 Å². The highest BCUT2D eigenvalue weighted by molar-refractivity contribution is 8.16. The smallest absolute Gasteiger partial charge is 0.341 e. The van der Waals surface area contributed by atoms with Crippen molar-refractivity contribution >= 4 is 50.9 Å². The van der Waals surface area contributed by atoms with E-state index in [-0.39, 0.29) is 17.8 Å². The molecule has 1 N–H and O–H groups in total. The summed E-state index contributed by atoms with van der Waals surface area (Å²) in [5.41, 5.74) is 2.48. The molecule has 2 amide bonds. The van der Waals surface area contributed by atoms with Crippen LogP contribution in [0.2, 0.25) is 0 Å². The number of hydrogen-bond acceptors (Lipinski definition) is 7. The Kier molecular flexibility index (Phi) is 5.87. The van der Waals surface area contributed by atoms with Gasteiger partial charge in [0.15, 0.2) is 5.37 Å². The number of nitrogens with zero attached hydrogens (tertiary/aromatic N) is 1. The Morgan fingerprint density at radius 2 is 1.73 bits per heavy atom. The molecule has 2 heterocycles. The third kappa shape index (κ3) is 3.83. The van der Waals surface area contributed by atoms with Crippen molar-refractivity contribution in [2.75, 3.05) is 16.8 Å². The minimum atomic E-state index is -0.826. The van der Waals surface area contributed by atoms with Crippen LogP contribution < -0.4 is 10.2 Å². The number of carbonyl (C=O) groups is 3. The number of amides is 2. The van der Waals surface area contributed by atoms with Crippen LogP contribution in [0.5, 0.6) is 0 Å². The zero-order valence-electron chi connectivity index (χ0n) is 16.0. The minimum Gasteiger partial charge on any atom is -0.462 e. The lowest BCUT2D eigenvalue weighted by Crippen LogP contribution is -2.34. The average molecular weight is 439 g/mol. The fraction of sp³-hybridized carbons (Fsp3) is 0.136. The van der Waals surface area contributed by atoms with Gasteiger partial charge < -0.3 is 10.1 Å². The molecule has 1 saturated heterocycles. The van der Waals surface area contributed by atoms with Crippen LogP contribution in [-0.2, 0) is 9.53 Å². The van der Waals surface area contributed by atoms with E-state index >= 15 is 0 Å². The van der Waals surface area contributed by atoms with Gasteiger partial charge in [-0.15, -0.1) is 11.3 Å². The molecule has 0 unspecified atom stereocenters. The first-order valence-electron chi connectivity index (χ1n) is 9.30. The van der Waals surface area contributed by atoms with Gasteiger partial charge in [0.1, 0.15) is 10.6 Å². The van der Waals surface area contributed by atoms with E-state index in [0.29, 0.717) is 16.3 Å². The lowest BCUT2D eigenvalue weighted by molar-refractivity contribution is -0.116. The first kappa shape index (κ1) is 20.2. The molecular weight excluding hydrogens is 420 g/mol. The van der Waals surface area contributed by atoms with Gasteiger partial charge in [0, 0.05) is 10.9 Å². The first-order chi connectivity index (χ1) is 14.6. The van der Waals surface area contributed by atoms with Gasteiger partial charge in [-0.3, -0.25) is 9.59 Å². The molecule has 2 aromatic carbocycles. The molecule has 0 aliphatic carbocycles. The summed E-state index contributed by atoms with van der Waals surface area (Å²) in [6, 6.07) is 18.3. The molecule has 1 atom stereocenters. The summed E-state index contributed by atoms with van der Waals surface area (Å²) < 4.78 is 5.25. The van der Waals surface area contributed by atoms with Crippen molar-refractivity contribution in [2.24, 2.45) is 0 Å². The number of anilines is 2. The number of ether oxygens (including phenoxy) is 1. The Hall–Kier alpha value is -3.10.